The van der Waals surface area contributed by atoms with E-state index < -0.39 is 155 Å². The van der Waals surface area contributed by atoms with Crippen LogP contribution >= 0.6 is 0 Å². The molecule has 18 atom stereocenters. The highest BCUT2D eigenvalue weighted by atomic mass is 16.8. The predicted octanol–water partition coefficient (Wildman–Crippen LogP) is 7.07. The van der Waals surface area contributed by atoms with E-state index in [1.807, 2.05) is 6.08 Å². The third-order valence-electron chi connectivity index (χ3n) is 18.5. The maximum atomic E-state index is 13.5. The van der Waals surface area contributed by atoms with Gasteiger partial charge in [-0.05, 0) is 19.3 Å². The van der Waals surface area contributed by atoms with Gasteiger partial charge < -0.3 is 100 Å². The Hall–Kier alpha value is -2.53. The van der Waals surface area contributed by atoms with E-state index in [-0.39, 0.29) is 12.3 Å². The lowest BCUT2D eigenvalue weighted by molar-refractivity contribution is -0.386. The molecular weight excluding hydrogens is 1190 g/mol. The van der Waals surface area contributed by atoms with E-state index in [9.17, 15) is 75.7 Å². The Morgan fingerprint density at radius 3 is 1.45 bits per heavy atom. The number of hydrogen-bond acceptors (Lipinski definition) is 20. The molecule has 0 saturated carbocycles. The number of carbonyl (C=O) groups is 3. The maximum absolute atomic E-state index is 13.5. The minimum Gasteiger partial charge on any atom is -0.477 e. The molecule has 3 heterocycles. The average molecular weight is 1320 g/mol. The van der Waals surface area contributed by atoms with Gasteiger partial charge in [0.1, 0.15) is 67.1 Å². The molecule has 23 nitrogen and oxygen atoms in total. The summed E-state index contributed by atoms with van der Waals surface area (Å²) in [7, 11) is 0. The summed E-state index contributed by atoms with van der Waals surface area (Å²) in [6.45, 7) is 2.16. The Kier molecular flexibility index (Phi) is 45.4. The molecule has 0 spiro atoms. The second-order valence-corrected chi connectivity index (χ2v) is 26.5. The molecule has 92 heavy (non-hydrogen) atoms. The molecule has 0 aromatic carbocycles. The second-order valence-electron chi connectivity index (χ2n) is 26.5. The van der Waals surface area contributed by atoms with Gasteiger partial charge in [-0.1, -0.05) is 244 Å². The monoisotopic (exact) mass is 1320 g/mol. The fourth-order valence-corrected chi connectivity index (χ4v) is 12.7. The summed E-state index contributed by atoms with van der Waals surface area (Å²) < 4.78 is 34.8. The molecule has 3 rings (SSSR count). The summed E-state index contributed by atoms with van der Waals surface area (Å²) in [5.74, 6) is -6.13. The fraction of sp³-hybridized carbons (Fsp3) is 0.928. The molecule has 18 unspecified atom stereocenters. The van der Waals surface area contributed by atoms with E-state index in [0.29, 0.717) is 12.8 Å². The second kappa shape index (κ2) is 49.9. The maximum Gasteiger partial charge on any atom is 0.364 e. The lowest BCUT2D eigenvalue weighted by Crippen LogP contribution is -2.70. The van der Waals surface area contributed by atoms with E-state index in [1.54, 1.807) is 6.08 Å². The van der Waals surface area contributed by atoms with Crippen LogP contribution in [-0.2, 0) is 42.8 Å². The number of hydrogen-bond donors (Lipinski definition) is 14. The number of nitrogens with one attached hydrogen (secondary N) is 2. The third kappa shape index (κ3) is 31.8. The van der Waals surface area contributed by atoms with Gasteiger partial charge in [0.05, 0.1) is 50.7 Å². The summed E-state index contributed by atoms with van der Waals surface area (Å²) in [6, 6.07) is -2.61. The first kappa shape index (κ1) is 83.7. The van der Waals surface area contributed by atoms with Crippen LogP contribution in [0.2, 0.25) is 0 Å². The van der Waals surface area contributed by atoms with E-state index in [0.717, 1.165) is 51.9 Å². The van der Waals surface area contributed by atoms with Gasteiger partial charge >= 0.3 is 5.97 Å². The fourth-order valence-electron chi connectivity index (χ4n) is 12.7. The number of carboxylic acids is 1. The topological polar surface area (TPSA) is 373 Å². The SMILES string of the molecule is CCCCCCCCCCCCCCCCCCCCC/C=C/C(O)C(COC1OC(CO)C(OC2OC(CO)C(O)C(OC3(C(=O)O)CC(O)C(NC(C)=O)C(C(O)C(O)CO)O3)C2O)C(O)C1O)NC(=O)CCCCCCCCCCCCCCCCCCC. The molecule has 23 heteroatoms. The molecule has 3 fully saturated rings. The Labute approximate surface area is 550 Å². The highest BCUT2D eigenvalue weighted by molar-refractivity contribution is 5.77. The number of aliphatic hydroxyl groups is 11. The van der Waals surface area contributed by atoms with Crippen molar-refractivity contribution in [2.45, 2.75) is 381 Å². The third-order valence-corrected chi connectivity index (χ3v) is 18.5. The van der Waals surface area contributed by atoms with Gasteiger partial charge in [0.15, 0.2) is 12.6 Å². The van der Waals surface area contributed by atoms with Crippen molar-refractivity contribution >= 4 is 17.8 Å². The zero-order valence-electron chi connectivity index (χ0n) is 56.4. The van der Waals surface area contributed by atoms with Crippen LogP contribution < -0.4 is 10.6 Å². The number of aliphatic carboxylic acids is 1. The number of unbranched alkanes of at least 4 members (excludes halogenated alkanes) is 35. The molecule has 2 amide bonds. The van der Waals surface area contributed by atoms with E-state index >= 15 is 0 Å². The number of ether oxygens (including phenoxy) is 6. The van der Waals surface area contributed by atoms with Crippen LogP contribution in [0.1, 0.15) is 271 Å². The van der Waals surface area contributed by atoms with Gasteiger partial charge in [-0.15, -0.1) is 0 Å². The molecule has 0 bridgehead atoms. The predicted molar refractivity (Wildman–Crippen MR) is 348 cm³/mol. The summed E-state index contributed by atoms with van der Waals surface area (Å²) >= 11 is 0. The van der Waals surface area contributed by atoms with Crippen molar-refractivity contribution in [1.82, 2.24) is 10.6 Å². The van der Waals surface area contributed by atoms with Crippen LogP contribution in [0.15, 0.2) is 12.2 Å². The molecule has 0 aromatic rings. The van der Waals surface area contributed by atoms with E-state index in [2.05, 4.69) is 24.5 Å². The number of aliphatic hydroxyl groups excluding tert-OH is 11. The Morgan fingerprint density at radius 1 is 0.565 bits per heavy atom. The van der Waals surface area contributed by atoms with E-state index in [1.165, 1.54) is 180 Å². The normalized spacial score (nSPS) is 28.3. The molecule has 3 saturated heterocycles. The molecule has 14 N–H and O–H groups in total. The molecular formula is C69H128N2O21. The minimum atomic E-state index is -3.08. The van der Waals surface area contributed by atoms with Gasteiger partial charge in [-0.3, -0.25) is 9.59 Å². The molecule has 0 radical (unpaired) electrons. The van der Waals surface area contributed by atoms with Crippen LogP contribution in [0.4, 0.5) is 0 Å². The molecule has 0 aromatic heterocycles. The molecule has 3 aliphatic rings. The number of carbonyl (C=O) groups excluding carboxylic acids is 2. The molecule has 0 aliphatic carbocycles. The van der Waals surface area contributed by atoms with Crippen LogP contribution in [-0.4, -0.2) is 215 Å². The van der Waals surface area contributed by atoms with Crippen molar-refractivity contribution in [3.63, 3.8) is 0 Å². The standard InChI is InChI=1S/C69H128N2O21/c1-4-6-8-10-12-14-16-18-20-22-23-24-25-27-28-30-32-34-36-38-40-42-51(76)50(71-56(79)43-41-39-37-35-33-31-29-26-21-19-17-15-13-11-9-7-5-2)48-87-66-61(83)60(82)63(55(47-74)89-66)90-67-62(84)65(59(81)54(46-73)88-67)92-69(68(85)86)44-52(77)57(70-49(3)75)64(91-69)58(80)53(78)45-72/h40,42,50-55,57-67,72-74,76-78,80-84H,4-39,41,43-48H2,1-3H3,(H,70,75)(H,71,79)(H,85,86)/b42-40+. The average Bonchev–Trinajstić information content (AvgIpc) is 0.767. The highest BCUT2D eigenvalue weighted by Gasteiger charge is 2.60. The first-order valence-electron chi connectivity index (χ1n) is 36.1. The van der Waals surface area contributed by atoms with Gasteiger partial charge in [0, 0.05) is 19.8 Å². The van der Waals surface area contributed by atoms with Crippen LogP contribution in [0, 0.1) is 0 Å². The first-order valence-corrected chi connectivity index (χ1v) is 36.1. The summed E-state index contributed by atoms with van der Waals surface area (Å²) in [5.41, 5.74) is 0. The number of amides is 2. The summed E-state index contributed by atoms with van der Waals surface area (Å²) in [4.78, 5) is 38.6. The van der Waals surface area contributed by atoms with Crippen molar-refractivity contribution in [1.29, 1.82) is 0 Å². The number of carboxylic acid groups (broad SMARTS) is 1. The zero-order chi connectivity index (χ0) is 67.5. The van der Waals surface area contributed by atoms with Crippen molar-refractivity contribution in [2.24, 2.45) is 0 Å². The zero-order valence-corrected chi connectivity index (χ0v) is 56.4. The Bertz CT molecular complexity index is 1910. The van der Waals surface area contributed by atoms with Crippen LogP contribution in [0.3, 0.4) is 0 Å². The largest absolute Gasteiger partial charge is 0.477 e. The Balaban J connectivity index is 1.59. The van der Waals surface area contributed by atoms with Crippen molar-refractivity contribution in [3.05, 3.63) is 12.2 Å². The minimum absolute atomic E-state index is 0.205. The van der Waals surface area contributed by atoms with Crippen molar-refractivity contribution in [2.75, 3.05) is 26.4 Å². The van der Waals surface area contributed by atoms with Crippen LogP contribution in [0.25, 0.3) is 0 Å². The highest BCUT2D eigenvalue weighted by Crippen LogP contribution is 2.39. The van der Waals surface area contributed by atoms with E-state index in [4.69, 9.17) is 28.4 Å². The Morgan fingerprint density at radius 2 is 1.01 bits per heavy atom. The van der Waals surface area contributed by atoms with Crippen molar-refractivity contribution < 1.29 is 104 Å². The lowest BCUT2D eigenvalue weighted by Gasteiger charge is -2.50. The number of allylic oxidation sites excluding steroid dienone is 1. The van der Waals surface area contributed by atoms with Gasteiger partial charge in [-0.25, -0.2) is 4.79 Å². The van der Waals surface area contributed by atoms with Crippen molar-refractivity contribution in [3.8, 4) is 0 Å². The quantitative estimate of drug-likeness (QED) is 0.0214. The summed E-state index contributed by atoms with van der Waals surface area (Å²) in [5, 5.41) is 136. The first-order chi connectivity index (χ1) is 44.4. The molecule has 540 valence electrons. The van der Waals surface area contributed by atoms with Gasteiger partial charge in [-0.2, -0.15) is 0 Å². The molecule has 3 aliphatic heterocycles. The summed E-state index contributed by atoms with van der Waals surface area (Å²) in [6.07, 6.45) is 19.6. The smallest absolute Gasteiger partial charge is 0.364 e. The number of rotatable bonds is 55. The van der Waals surface area contributed by atoms with Crippen LogP contribution in [0.5, 0.6) is 0 Å². The lowest BCUT2D eigenvalue weighted by atomic mass is 9.88. The van der Waals surface area contributed by atoms with Gasteiger partial charge in [0.25, 0.3) is 5.79 Å². The van der Waals surface area contributed by atoms with Gasteiger partial charge in [0.2, 0.25) is 11.8 Å².